The van der Waals surface area contributed by atoms with Crippen molar-refractivity contribution >= 4 is 0 Å². The van der Waals surface area contributed by atoms with Gasteiger partial charge in [-0.2, -0.15) is 0 Å². The predicted octanol–water partition coefficient (Wildman–Crippen LogP) is 0.621. The van der Waals surface area contributed by atoms with Gasteiger partial charge in [0.1, 0.15) is 24.4 Å². The van der Waals surface area contributed by atoms with Crippen molar-refractivity contribution in [3.8, 4) is 0 Å². The smallest absolute Gasteiger partial charge is 0.114 e. The molecule has 1 aliphatic heterocycles. The molecule has 1 rings (SSSR count). The minimum atomic E-state index is -1.03. The first kappa shape index (κ1) is 16.6. The number of ether oxygens (including phenoxy) is 2. The van der Waals surface area contributed by atoms with Crippen molar-refractivity contribution < 1.29 is 24.8 Å². The van der Waals surface area contributed by atoms with E-state index in [4.69, 9.17) is 9.47 Å². The molecule has 5 nitrogen and oxygen atoms in total. The first-order chi connectivity index (χ1) is 9.16. The molecule has 0 aromatic heterocycles. The lowest BCUT2D eigenvalue weighted by molar-refractivity contribution is -0.0811. The standard InChI is InChI=1S/C14H26O5/c1-2-3-4-5-6-7-8-18-9-12(16)14-13(17)11(15)10-19-14/h4-5,11-17H,2-3,6-10H2,1H3/b5-4+/t11-,12+,13-,14-/m1/s1. The molecule has 0 amide bonds. The van der Waals surface area contributed by atoms with E-state index in [0.717, 1.165) is 25.7 Å². The molecule has 3 N–H and O–H groups in total. The molecule has 0 saturated carbocycles. The zero-order valence-electron chi connectivity index (χ0n) is 11.6. The highest BCUT2D eigenvalue weighted by Gasteiger charge is 2.39. The fourth-order valence-corrected chi connectivity index (χ4v) is 1.97. The number of allylic oxidation sites excluding steroid dienone is 2. The van der Waals surface area contributed by atoms with Gasteiger partial charge in [-0.05, 0) is 19.3 Å². The fourth-order valence-electron chi connectivity index (χ4n) is 1.97. The highest BCUT2D eigenvalue weighted by Crippen LogP contribution is 2.17. The zero-order chi connectivity index (χ0) is 14.1. The van der Waals surface area contributed by atoms with Crippen molar-refractivity contribution in [3.63, 3.8) is 0 Å². The van der Waals surface area contributed by atoms with E-state index in [9.17, 15) is 15.3 Å². The summed E-state index contributed by atoms with van der Waals surface area (Å²) in [6.45, 7) is 2.89. The van der Waals surface area contributed by atoms with Crippen LogP contribution in [0.15, 0.2) is 12.2 Å². The molecule has 1 fully saturated rings. The van der Waals surface area contributed by atoms with Crippen molar-refractivity contribution in [2.75, 3.05) is 19.8 Å². The number of hydrogen-bond acceptors (Lipinski definition) is 5. The van der Waals surface area contributed by atoms with Crippen LogP contribution in [0.5, 0.6) is 0 Å². The summed E-state index contributed by atoms with van der Waals surface area (Å²) < 4.78 is 10.5. The maximum atomic E-state index is 9.77. The van der Waals surface area contributed by atoms with Crippen LogP contribution in [0.3, 0.4) is 0 Å². The molecule has 0 aliphatic carbocycles. The van der Waals surface area contributed by atoms with E-state index in [-0.39, 0.29) is 13.2 Å². The minimum Gasteiger partial charge on any atom is -0.388 e. The van der Waals surface area contributed by atoms with E-state index in [2.05, 4.69) is 19.1 Å². The van der Waals surface area contributed by atoms with Gasteiger partial charge < -0.3 is 24.8 Å². The third kappa shape index (κ3) is 6.01. The van der Waals surface area contributed by atoms with E-state index in [1.165, 1.54) is 0 Å². The Labute approximate surface area is 114 Å². The van der Waals surface area contributed by atoms with E-state index < -0.39 is 24.4 Å². The number of aliphatic hydroxyl groups excluding tert-OH is 3. The maximum absolute atomic E-state index is 9.77. The van der Waals surface area contributed by atoms with Gasteiger partial charge in [-0.15, -0.1) is 0 Å². The van der Waals surface area contributed by atoms with Crippen LogP contribution >= 0.6 is 0 Å². The largest absolute Gasteiger partial charge is 0.388 e. The Bertz CT molecular complexity index is 256. The second-order valence-electron chi connectivity index (χ2n) is 4.90. The van der Waals surface area contributed by atoms with Crippen LogP contribution in [0.4, 0.5) is 0 Å². The SMILES string of the molecule is CCC/C=C/CCCOC[C@H](O)[C@H]1OC[C@@H](O)[C@H]1O. The van der Waals surface area contributed by atoms with Crippen molar-refractivity contribution in [1.29, 1.82) is 0 Å². The predicted molar refractivity (Wildman–Crippen MR) is 71.9 cm³/mol. The van der Waals surface area contributed by atoms with Crippen molar-refractivity contribution in [2.45, 2.75) is 57.0 Å². The number of unbranched alkanes of at least 4 members (excludes halogenated alkanes) is 2. The van der Waals surface area contributed by atoms with Crippen LogP contribution in [-0.2, 0) is 9.47 Å². The van der Waals surface area contributed by atoms with Crippen LogP contribution in [-0.4, -0.2) is 59.6 Å². The minimum absolute atomic E-state index is 0.0606. The summed E-state index contributed by atoms with van der Waals surface area (Å²) in [6, 6.07) is 0. The van der Waals surface area contributed by atoms with Crippen molar-refractivity contribution in [1.82, 2.24) is 0 Å². The number of rotatable bonds is 9. The van der Waals surface area contributed by atoms with E-state index in [0.29, 0.717) is 6.61 Å². The zero-order valence-corrected chi connectivity index (χ0v) is 11.6. The quantitative estimate of drug-likeness (QED) is 0.424. The monoisotopic (exact) mass is 274 g/mol. The number of aliphatic hydroxyl groups is 3. The molecular weight excluding hydrogens is 248 g/mol. The Hall–Kier alpha value is -0.460. The highest BCUT2D eigenvalue weighted by molar-refractivity contribution is 4.87. The third-order valence-electron chi connectivity index (χ3n) is 3.14. The van der Waals surface area contributed by atoms with Gasteiger partial charge in [-0.1, -0.05) is 25.5 Å². The molecule has 0 aromatic rings. The van der Waals surface area contributed by atoms with E-state index in [1.807, 2.05) is 0 Å². The Morgan fingerprint density at radius 2 is 2.05 bits per heavy atom. The van der Waals surface area contributed by atoms with Gasteiger partial charge in [-0.3, -0.25) is 0 Å². The van der Waals surface area contributed by atoms with Gasteiger partial charge in [0.15, 0.2) is 0 Å². The molecule has 0 unspecified atom stereocenters. The van der Waals surface area contributed by atoms with Gasteiger partial charge in [0, 0.05) is 6.61 Å². The van der Waals surface area contributed by atoms with Crippen LogP contribution in [0.1, 0.15) is 32.6 Å². The summed E-state index contributed by atoms with van der Waals surface area (Å²) in [7, 11) is 0. The lowest BCUT2D eigenvalue weighted by Crippen LogP contribution is -2.40. The lowest BCUT2D eigenvalue weighted by atomic mass is 10.1. The van der Waals surface area contributed by atoms with E-state index >= 15 is 0 Å². The Morgan fingerprint density at radius 1 is 1.32 bits per heavy atom. The molecule has 0 spiro atoms. The molecule has 1 heterocycles. The summed E-state index contributed by atoms with van der Waals surface area (Å²) in [5, 5.41) is 28.6. The van der Waals surface area contributed by atoms with Crippen LogP contribution < -0.4 is 0 Å². The van der Waals surface area contributed by atoms with E-state index in [1.54, 1.807) is 0 Å². The van der Waals surface area contributed by atoms with Gasteiger partial charge in [0.25, 0.3) is 0 Å². The van der Waals surface area contributed by atoms with Crippen molar-refractivity contribution in [2.24, 2.45) is 0 Å². The van der Waals surface area contributed by atoms with Crippen LogP contribution in [0, 0.1) is 0 Å². The van der Waals surface area contributed by atoms with Crippen LogP contribution in [0.2, 0.25) is 0 Å². The lowest BCUT2D eigenvalue weighted by Gasteiger charge is -2.20. The molecule has 1 saturated heterocycles. The molecular formula is C14H26O5. The van der Waals surface area contributed by atoms with Gasteiger partial charge in [-0.25, -0.2) is 0 Å². The summed E-state index contributed by atoms with van der Waals surface area (Å²) in [4.78, 5) is 0. The highest BCUT2D eigenvalue weighted by atomic mass is 16.5. The number of hydrogen-bond donors (Lipinski definition) is 3. The molecule has 5 heteroatoms. The van der Waals surface area contributed by atoms with Gasteiger partial charge in [0.2, 0.25) is 0 Å². The second kappa shape index (κ2) is 9.44. The van der Waals surface area contributed by atoms with Gasteiger partial charge in [0.05, 0.1) is 13.2 Å². The second-order valence-corrected chi connectivity index (χ2v) is 4.90. The topological polar surface area (TPSA) is 79.2 Å². The average Bonchev–Trinajstić information content (AvgIpc) is 2.73. The summed E-state index contributed by atoms with van der Waals surface area (Å²) in [6.07, 6.45) is 4.86. The Kier molecular flexibility index (Phi) is 8.25. The summed E-state index contributed by atoms with van der Waals surface area (Å²) in [5.41, 5.74) is 0. The molecule has 0 bridgehead atoms. The summed E-state index contributed by atoms with van der Waals surface area (Å²) in [5.74, 6) is 0. The molecule has 0 aromatic carbocycles. The Balaban J connectivity index is 2.03. The maximum Gasteiger partial charge on any atom is 0.114 e. The molecule has 0 radical (unpaired) electrons. The first-order valence-corrected chi connectivity index (χ1v) is 7.05. The first-order valence-electron chi connectivity index (χ1n) is 7.05. The Morgan fingerprint density at radius 3 is 2.68 bits per heavy atom. The van der Waals surface area contributed by atoms with Crippen LogP contribution in [0.25, 0.3) is 0 Å². The summed E-state index contributed by atoms with van der Waals surface area (Å²) >= 11 is 0. The molecule has 4 atom stereocenters. The third-order valence-corrected chi connectivity index (χ3v) is 3.14. The molecule has 112 valence electrons. The fraction of sp³-hybridized carbons (Fsp3) is 0.857. The average molecular weight is 274 g/mol. The van der Waals surface area contributed by atoms with Gasteiger partial charge >= 0.3 is 0 Å². The molecule has 19 heavy (non-hydrogen) atoms. The normalized spacial score (nSPS) is 29.2. The molecule has 1 aliphatic rings. The van der Waals surface area contributed by atoms with Crippen molar-refractivity contribution in [3.05, 3.63) is 12.2 Å².